The zero-order chi connectivity index (χ0) is 19.5. The normalized spacial score (nSPS) is 12.8. The number of aryl methyl sites for hydroxylation is 1. The van der Waals surface area contributed by atoms with Crippen molar-refractivity contribution in [1.29, 1.82) is 0 Å². The number of benzene rings is 2. The maximum atomic E-state index is 12.4. The molecule has 6 nitrogen and oxygen atoms in total. The summed E-state index contributed by atoms with van der Waals surface area (Å²) in [6.45, 7) is -0.330. The van der Waals surface area contributed by atoms with Crippen LogP contribution in [0.1, 0.15) is 32.7 Å². The van der Waals surface area contributed by atoms with E-state index in [-0.39, 0.29) is 18.3 Å². The SMILES string of the molecule is O=C1CCc2cc(C(=O)COC(=O)c3ccc(-n4cccc4)cc3)ccc2N1. The fourth-order valence-corrected chi connectivity index (χ4v) is 3.13. The summed E-state index contributed by atoms with van der Waals surface area (Å²) in [4.78, 5) is 36.0. The second-order valence-corrected chi connectivity index (χ2v) is 6.56. The first-order chi connectivity index (χ1) is 13.6. The van der Waals surface area contributed by atoms with Gasteiger partial charge in [0.2, 0.25) is 5.91 Å². The minimum Gasteiger partial charge on any atom is -0.454 e. The van der Waals surface area contributed by atoms with E-state index in [2.05, 4.69) is 5.32 Å². The highest BCUT2D eigenvalue weighted by Crippen LogP contribution is 2.23. The Balaban J connectivity index is 1.38. The van der Waals surface area contributed by atoms with Crippen molar-refractivity contribution in [3.8, 4) is 5.69 Å². The van der Waals surface area contributed by atoms with Gasteiger partial charge in [-0.2, -0.15) is 0 Å². The summed E-state index contributed by atoms with van der Waals surface area (Å²) in [5.74, 6) is -0.849. The number of ether oxygens (including phenoxy) is 1. The third-order valence-corrected chi connectivity index (χ3v) is 4.66. The molecule has 0 bridgehead atoms. The van der Waals surface area contributed by atoms with Crippen LogP contribution in [0.3, 0.4) is 0 Å². The van der Waals surface area contributed by atoms with Crippen molar-refractivity contribution in [2.45, 2.75) is 12.8 Å². The molecule has 2 aromatic carbocycles. The first kappa shape index (κ1) is 17.7. The topological polar surface area (TPSA) is 77.4 Å². The van der Waals surface area contributed by atoms with Crippen molar-refractivity contribution in [2.75, 3.05) is 11.9 Å². The Morgan fingerprint density at radius 1 is 0.964 bits per heavy atom. The molecule has 0 spiro atoms. The van der Waals surface area contributed by atoms with Crippen LogP contribution in [-0.4, -0.2) is 28.8 Å². The maximum absolute atomic E-state index is 12.4. The Hall–Kier alpha value is -3.67. The Bertz CT molecular complexity index is 1040. The zero-order valence-corrected chi connectivity index (χ0v) is 15.1. The van der Waals surface area contributed by atoms with Crippen molar-refractivity contribution < 1.29 is 19.1 Å². The molecule has 3 aromatic rings. The molecule has 1 N–H and O–H groups in total. The predicted molar refractivity (Wildman–Crippen MR) is 104 cm³/mol. The first-order valence-electron chi connectivity index (χ1n) is 8.97. The molecular weight excluding hydrogens is 356 g/mol. The molecule has 1 aromatic heterocycles. The molecule has 0 atom stereocenters. The van der Waals surface area contributed by atoms with E-state index in [9.17, 15) is 14.4 Å². The lowest BCUT2D eigenvalue weighted by atomic mass is 9.99. The smallest absolute Gasteiger partial charge is 0.338 e. The van der Waals surface area contributed by atoms with Gasteiger partial charge in [0.15, 0.2) is 12.4 Å². The number of ketones is 1. The lowest BCUT2D eigenvalue weighted by Crippen LogP contribution is -2.20. The largest absolute Gasteiger partial charge is 0.454 e. The molecule has 1 aliphatic rings. The third-order valence-electron chi connectivity index (χ3n) is 4.66. The van der Waals surface area contributed by atoms with E-state index >= 15 is 0 Å². The van der Waals surface area contributed by atoms with E-state index in [0.717, 1.165) is 16.9 Å². The number of hydrogen-bond donors (Lipinski definition) is 1. The number of hydrogen-bond acceptors (Lipinski definition) is 4. The van der Waals surface area contributed by atoms with Gasteiger partial charge in [-0.3, -0.25) is 9.59 Å². The number of carbonyl (C=O) groups excluding carboxylic acids is 3. The van der Waals surface area contributed by atoms with Gasteiger partial charge in [0.1, 0.15) is 0 Å². The second kappa shape index (κ2) is 7.52. The van der Waals surface area contributed by atoms with Gasteiger partial charge in [0.25, 0.3) is 0 Å². The number of carbonyl (C=O) groups is 3. The van der Waals surface area contributed by atoms with Gasteiger partial charge in [-0.1, -0.05) is 0 Å². The number of nitrogens with zero attached hydrogens (tertiary/aromatic N) is 1. The Labute approximate surface area is 161 Å². The highest BCUT2D eigenvalue weighted by Gasteiger charge is 2.18. The van der Waals surface area contributed by atoms with Gasteiger partial charge in [-0.15, -0.1) is 0 Å². The Morgan fingerprint density at radius 3 is 2.43 bits per heavy atom. The van der Waals surface area contributed by atoms with Crippen molar-refractivity contribution in [1.82, 2.24) is 4.57 Å². The predicted octanol–water partition coefficient (Wildman–Crippen LogP) is 3.40. The molecule has 6 heteroatoms. The summed E-state index contributed by atoms with van der Waals surface area (Å²) in [5.41, 5.74) is 3.42. The van der Waals surface area contributed by atoms with Gasteiger partial charge in [-0.25, -0.2) is 4.79 Å². The molecule has 1 amide bonds. The maximum Gasteiger partial charge on any atom is 0.338 e. The van der Waals surface area contributed by atoms with Gasteiger partial charge >= 0.3 is 5.97 Å². The molecule has 0 saturated carbocycles. The van der Waals surface area contributed by atoms with Crippen LogP contribution in [0.2, 0.25) is 0 Å². The molecule has 0 radical (unpaired) electrons. The van der Waals surface area contributed by atoms with Gasteiger partial charge in [-0.05, 0) is 66.6 Å². The number of nitrogens with one attached hydrogen (secondary N) is 1. The molecule has 0 unspecified atom stereocenters. The molecule has 1 aliphatic heterocycles. The summed E-state index contributed by atoms with van der Waals surface area (Å²) in [6.07, 6.45) is 4.82. The lowest BCUT2D eigenvalue weighted by Gasteiger charge is -2.17. The fourth-order valence-electron chi connectivity index (χ4n) is 3.13. The van der Waals surface area contributed by atoms with Gasteiger partial charge < -0.3 is 14.6 Å². The van der Waals surface area contributed by atoms with Crippen LogP contribution in [0.25, 0.3) is 5.69 Å². The molecule has 0 saturated heterocycles. The number of amides is 1. The summed E-state index contributed by atoms with van der Waals surface area (Å²) in [5, 5.41) is 2.78. The van der Waals surface area contributed by atoms with Gasteiger partial charge in [0.05, 0.1) is 5.56 Å². The second-order valence-electron chi connectivity index (χ2n) is 6.56. The summed E-state index contributed by atoms with van der Waals surface area (Å²) >= 11 is 0. The van der Waals surface area contributed by atoms with Crippen LogP contribution in [0.5, 0.6) is 0 Å². The quantitative estimate of drug-likeness (QED) is 0.548. The number of Topliss-reactive ketones (excluding diaryl/α,β-unsaturated/α-hetero) is 1. The third kappa shape index (κ3) is 3.71. The Morgan fingerprint density at radius 2 is 1.68 bits per heavy atom. The van der Waals surface area contributed by atoms with Crippen LogP contribution < -0.4 is 5.32 Å². The lowest BCUT2D eigenvalue weighted by molar-refractivity contribution is -0.116. The van der Waals surface area contributed by atoms with E-state index in [1.165, 1.54) is 0 Å². The number of rotatable bonds is 5. The van der Waals surface area contributed by atoms with Crippen molar-refractivity contribution in [3.05, 3.63) is 83.7 Å². The van der Waals surface area contributed by atoms with E-state index in [1.807, 2.05) is 41.2 Å². The average Bonchev–Trinajstić information content (AvgIpc) is 3.26. The van der Waals surface area contributed by atoms with Crippen LogP contribution in [0.15, 0.2) is 67.0 Å². The summed E-state index contributed by atoms with van der Waals surface area (Å²) in [7, 11) is 0. The number of fused-ring (bicyclic) bond motifs is 1. The molecule has 28 heavy (non-hydrogen) atoms. The molecule has 140 valence electrons. The van der Waals surface area contributed by atoms with Gasteiger partial charge in [0, 0.05) is 35.8 Å². The van der Waals surface area contributed by atoms with Crippen molar-refractivity contribution in [3.63, 3.8) is 0 Å². The number of anilines is 1. The molecule has 0 fully saturated rings. The van der Waals surface area contributed by atoms with Crippen LogP contribution in [0.4, 0.5) is 5.69 Å². The van der Waals surface area contributed by atoms with Crippen LogP contribution in [0, 0.1) is 0 Å². The molecule has 0 aliphatic carbocycles. The Kier molecular flexibility index (Phi) is 4.76. The van der Waals surface area contributed by atoms with E-state index in [0.29, 0.717) is 24.0 Å². The fraction of sp³-hybridized carbons (Fsp3) is 0.136. The van der Waals surface area contributed by atoms with Crippen molar-refractivity contribution in [2.24, 2.45) is 0 Å². The number of esters is 1. The molecule has 4 rings (SSSR count). The zero-order valence-electron chi connectivity index (χ0n) is 15.1. The van der Waals surface area contributed by atoms with E-state index < -0.39 is 5.97 Å². The summed E-state index contributed by atoms with van der Waals surface area (Å²) < 4.78 is 7.10. The van der Waals surface area contributed by atoms with Crippen LogP contribution in [-0.2, 0) is 16.0 Å². The molecular formula is C22H18N2O4. The summed E-state index contributed by atoms with van der Waals surface area (Å²) in [6, 6.07) is 15.9. The van der Waals surface area contributed by atoms with E-state index in [1.54, 1.807) is 30.3 Å². The van der Waals surface area contributed by atoms with Crippen LogP contribution >= 0.6 is 0 Å². The first-order valence-corrected chi connectivity index (χ1v) is 8.97. The van der Waals surface area contributed by atoms with E-state index in [4.69, 9.17) is 4.74 Å². The monoisotopic (exact) mass is 374 g/mol. The highest BCUT2D eigenvalue weighted by atomic mass is 16.5. The minimum absolute atomic E-state index is 0.0247. The number of aromatic nitrogens is 1. The van der Waals surface area contributed by atoms with Crippen molar-refractivity contribution >= 4 is 23.3 Å². The minimum atomic E-state index is -0.544. The highest BCUT2D eigenvalue weighted by molar-refractivity contribution is 6.01. The standard InChI is InChI=1S/C22H18N2O4/c25-20(17-5-9-19-16(13-17)6-10-21(26)23-19)14-28-22(27)15-3-7-18(8-4-15)24-11-1-2-12-24/h1-5,7-9,11-13H,6,10,14H2,(H,23,26). The average molecular weight is 374 g/mol. The molecule has 2 heterocycles.